The Morgan fingerprint density at radius 1 is 0.933 bits per heavy atom. The summed E-state index contributed by atoms with van der Waals surface area (Å²) < 4.78 is 6.05. The lowest BCUT2D eigenvalue weighted by atomic mass is 10.0. The van der Waals surface area contributed by atoms with Crippen LogP contribution in [-0.4, -0.2) is 11.5 Å². The van der Waals surface area contributed by atoms with E-state index in [0.717, 1.165) is 69.8 Å². The van der Waals surface area contributed by atoms with Crippen molar-refractivity contribution in [3.63, 3.8) is 0 Å². The molecule has 4 nitrogen and oxygen atoms in total. The molecule has 5 aromatic rings. The molecule has 30 heavy (non-hydrogen) atoms. The van der Waals surface area contributed by atoms with Gasteiger partial charge in [0.1, 0.15) is 17.2 Å². The monoisotopic (exact) mass is 391 g/mol. The number of anilines is 2. The van der Waals surface area contributed by atoms with Crippen LogP contribution in [-0.2, 0) is 13.0 Å². The second-order valence-electron chi connectivity index (χ2n) is 7.87. The predicted molar refractivity (Wildman–Crippen MR) is 123 cm³/mol. The summed E-state index contributed by atoms with van der Waals surface area (Å²) in [6.45, 7) is 1.79. The molecule has 0 saturated heterocycles. The van der Waals surface area contributed by atoms with E-state index in [2.05, 4.69) is 53.4 Å². The third-order valence-electron chi connectivity index (χ3n) is 5.97. The Hall–Kier alpha value is -3.79. The van der Waals surface area contributed by atoms with Crippen molar-refractivity contribution in [3.05, 3.63) is 90.0 Å². The molecule has 0 amide bonds. The van der Waals surface area contributed by atoms with Gasteiger partial charge in [-0.05, 0) is 42.3 Å². The first kappa shape index (κ1) is 17.1. The highest BCUT2D eigenvalue weighted by Crippen LogP contribution is 2.38. The van der Waals surface area contributed by atoms with Crippen LogP contribution in [0.15, 0.2) is 83.3 Å². The molecule has 0 saturated carbocycles. The number of hydrogen-bond donors (Lipinski definition) is 1. The van der Waals surface area contributed by atoms with Gasteiger partial charge in [-0.15, -0.1) is 0 Å². The standard InChI is InChI=1S/C26H21N3O/c27-25-20-12-13-29(16-17-6-2-1-3-7-17)26(20)28-22-11-10-19(14-21(22)25)24-15-18-8-4-5-9-23(18)30-24/h1-11,14-15H,12-13,16H2,(H2,27,28). The summed E-state index contributed by atoms with van der Waals surface area (Å²) in [5.74, 6) is 1.86. The van der Waals surface area contributed by atoms with Crippen molar-refractivity contribution in [3.8, 4) is 11.3 Å². The molecule has 1 aliphatic rings. The summed E-state index contributed by atoms with van der Waals surface area (Å²) in [6.07, 6.45) is 0.922. The van der Waals surface area contributed by atoms with Gasteiger partial charge in [-0.1, -0.05) is 48.5 Å². The van der Waals surface area contributed by atoms with E-state index < -0.39 is 0 Å². The third kappa shape index (κ3) is 2.72. The Kier molecular flexibility index (Phi) is 3.78. The molecule has 0 spiro atoms. The summed E-state index contributed by atoms with van der Waals surface area (Å²) in [7, 11) is 0. The van der Waals surface area contributed by atoms with Crippen molar-refractivity contribution >= 4 is 33.4 Å². The highest BCUT2D eigenvalue weighted by molar-refractivity contribution is 5.97. The SMILES string of the molecule is Nc1c2c(nc3ccc(-c4cc5ccccc5o4)cc13)N(Cc1ccccc1)CC2. The average Bonchev–Trinajstić information content (AvgIpc) is 3.39. The quantitative estimate of drug-likeness (QED) is 0.423. The minimum Gasteiger partial charge on any atom is -0.456 e. The Bertz CT molecular complexity index is 1360. The molecule has 1 aliphatic heterocycles. The first-order valence-corrected chi connectivity index (χ1v) is 10.3. The molecule has 0 fully saturated rings. The first-order valence-electron chi connectivity index (χ1n) is 10.3. The normalized spacial score (nSPS) is 13.3. The fraction of sp³-hybridized carbons (Fsp3) is 0.115. The molecule has 0 aliphatic carbocycles. The molecule has 2 N–H and O–H groups in total. The highest BCUT2D eigenvalue weighted by Gasteiger charge is 2.25. The number of rotatable bonds is 3. The van der Waals surface area contributed by atoms with Crippen molar-refractivity contribution in [2.24, 2.45) is 0 Å². The van der Waals surface area contributed by atoms with Crippen molar-refractivity contribution in [1.29, 1.82) is 0 Å². The maximum absolute atomic E-state index is 6.65. The lowest BCUT2D eigenvalue weighted by molar-refractivity contribution is 0.631. The van der Waals surface area contributed by atoms with E-state index in [1.807, 2.05) is 30.3 Å². The minimum absolute atomic E-state index is 0.837. The number of aromatic nitrogens is 1. The minimum atomic E-state index is 0.837. The van der Waals surface area contributed by atoms with E-state index >= 15 is 0 Å². The summed E-state index contributed by atoms with van der Waals surface area (Å²) >= 11 is 0. The fourth-order valence-electron chi connectivity index (χ4n) is 4.41. The van der Waals surface area contributed by atoms with Gasteiger partial charge in [0.15, 0.2) is 0 Å². The second kappa shape index (κ2) is 6.63. The number of pyridine rings is 1. The molecule has 4 heteroatoms. The van der Waals surface area contributed by atoms with Crippen LogP contribution in [0, 0.1) is 0 Å². The van der Waals surface area contributed by atoms with Crippen molar-refractivity contribution in [2.45, 2.75) is 13.0 Å². The van der Waals surface area contributed by atoms with Crippen LogP contribution in [0.2, 0.25) is 0 Å². The van der Waals surface area contributed by atoms with E-state index in [9.17, 15) is 0 Å². The average molecular weight is 391 g/mol. The van der Waals surface area contributed by atoms with Gasteiger partial charge in [-0.3, -0.25) is 0 Å². The zero-order valence-electron chi connectivity index (χ0n) is 16.5. The van der Waals surface area contributed by atoms with Crippen molar-refractivity contribution < 1.29 is 4.42 Å². The smallest absolute Gasteiger partial charge is 0.135 e. The van der Waals surface area contributed by atoms with Crippen LogP contribution in [0.5, 0.6) is 0 Å². The predicted octanol–water partition coefficient (Wildman–Crippen LogP) is 5.79. The Labute approximate surface area is 174 Å². The lowest BCUT2D eigenvalue weighted by Crippen LogP contribution is -2.20. The van der Waals surface area contributed by atoms with Crippen LogP contribution in [0.3, 0.4) is 0 Å². The van der Waals surface area contributed by atoms with E-state index in [0.29, 0.717) is 0 Å². The number of nitrogens with two attached hydrogens (primary N) is 1. The summed E-state index contributed by atoms with van der Waals surface area (Å²) in [6, 6.07) is 26.9. The summed E-state index contributed by atoms with van der Waals surface area (Å²) in [4.78, 5) is 7.31. The van der Waals surface area contributed by atoms with Gasteiger partial charge in [0.2, 0.25) is 0 Å². The van der Waals surface area contributed by atoms with Crippen LogP contribution in [0.25, 0.3) is 33.2 Å². The molecular weight excluding hydrogens is 370 g/mol. The number of nitrogens with zero attached hydrogens (tertiary/aromatic N) is 2. The Balaban J connectivity index is 1.42. The van der Waals surface area contributed by atoms with Gasteiger partial charge in [0.05, 0.1) is 5.52 Å². The Morgan fingerprint density at radius 2 is 1.77 bits per heavy atom. The summed E-state index contributed by atoms with van der Waals surface area (Å²) in [5.41, 5.74) is 12.8. The van der Waals surface area contributed by atoms with Crippen LogP contribution in [0.1, 0.15) is 11.1 Å². The highest BCUT2D eigenvalue weighted by atomic mass is 16.3. The lowest BCUT2D eigenvalue weighted by Gasteiger charge is -2.19. The van der Waals surface area contributed by atoms with Crippen LogP contribution in [0.4, 0.5) is 11.5 Å². The topological polar surface area (TPSA) is 55.3 Å². The second-order valence-corrected chi connectivity index (χ2v) is 7.87. The first-order chi connectivity index (χ1) is 14.8. The van der Waals surface area contributed by atoms with Gasteiger partial charge in [0, 0.05) is 40.7 Å². The van der Waals surface area contributed by atoms with Crippen molar-refractivity contribution in [1.82, 2.24) is 4.98 Å². The van der Waals surface area contributed by atoms with E-state index in [1.165, 1.54) is 5.56 Å². The van der Waals surface area contributed by atoms with E-state index in [-0.39, 0.29) is 0 Å². The van der Waals surface area contributed by atoms with Crippen LogP contribution >= 0.6 is 0 Å². The molecule has 3 heterocycles. The van der Waals surface area contributed by atoms with E-state index in [4.69, 9.17) is 15.1 Å². The molecule has 0 unspecified atom stereocenters. The number of nitrogen functional groups attached to an aromatic ring is 1. The van der Waals surface area contributed by atoms with Gasteiger partial charge in [-0.2, -0.15) is 0 Å². The fourth-order valence-corrected chi connectivity index (χ4v) is 4.41. The Morgan fingerprint density at radius 3 is 2.63 bits per heavy atom. The molecule has 2 aromatic heterocycles. The van der Waals surface area contributed by atoms with Gasteiger partial charge < -0.3 is 15.1 Å². The molecule has 6 rings (SSSR count). The molecular formula is C26H21N3O. The molecule has 3 aromatic carbocycles. The summed E-state index contributed by atoms with van der Waals surface area (Å²) in [5, 5.41) is 2.09. The molecule has 0 radical (unpaired) electrons. The van der Waals surface area contributed by atoms with Gasteiger partial charge in [-0.25, -0.2) is 4.98 Å². The largest absolute Gasteiger partial charge is 0.456 e. The molecule has 146 valence electrons. The number of hydrogen-bond acceptors (Lipinski definition) is 4. The maximum Gasteiger partial charge on any atom is 0.135 e. The number of fused-ring (bicyclic) bond motifs is 3. The molecule has 0 bridgehead atoms. The van der Waals surface area contributed by atoms with Gasteiger partial charge in [0.25, 0.3) is 0 Å². The van der Waals surface area contributed by atoms with Crippen LogP contribution < -0.4 is 10.6 Å². The zero-order valence-corrected chi connectivity index (χ0v) is 16.5. The van der Waals surface area contributed by atoms with Gasteiger partial charge >= 0.3 is 0 Å². The molecule has 0 atom stereocenters. The number of para-hydroxylation sites is 1. The third-order valence-corrected chi connectivity index (χ3v) is 5.97. The number of benzene rings is 3. The maximum atomic E-state index is 6.65. The van der Waals surface area contributed by atoms with E-state index in [1.54, 1.807) is 0 Å². The van der Waals surface area contributed by atoms with Crippen molar-refractivity contribution in [2.75, 3.05) is 17.2 Å². The number of furan rings is 1. The zero-order chi connectivity index (χ0) is 20.1.